The Morgan fingerprint density at radius 3 is 2.65 bits per heavy atom. The summed E-state index contributed by atoms with van der Waals surface area (Å²) in [5.74, 6) is 0.551. The number of nitrogens with zero attached hydrogens (tertiary/aromatic N) is 2. The SMILES string of the molecule is CCSc1nc(C)c(C(=O)Nc2ccccc2)c(-c2cccs2)c1C#N. The number of benzene rings is 1. The highest BCUT2D eigenvalue weighted by atomic mass is 32.2. The molecule has 2 heterocycles. The quantitative estimate of drug-likeness (QED) is 0.607. The van der Waals surface area contributed by atoms with Crippen molar-refractivity contribution >= 4 is 34.7 Å². The van der Waals surface area contributed by atoms with Gasteiger partial charge in [-0.25, -0.2) is 4.98 Å². The average Bonchev–Trinajstić information content (AvgIpc) is 3.16. The van der Waals surface area contributed by atoms with E-state index in [0.29, 0.717) is 33.1 Å². The average molecular weight is 380 g/mol. The maximum absolute atomic E-state index is 13.0. The number of aromatic nitrogens is 1. The van der Waals surface area contributed by atoms with Gasteiger partial charge in [0.25, 0.3) is 5.91 Å². The van der Waals surface area contributed by atoms with E-state index >= 15 is 0 Å². The predicted octanol–water partition coefficient (Wildman–Crippen LogP) is 5.35. The van der Waals surface area contributed by atoms with Gasteiger partial charge in [-0.05, 0) is 36.3 Å². The molecule has 0 bridgehead atoms. The van der Waals surface area contributed by atoms with E-state index in [-0.39, 0.29) is 5.91 Å². The lowest BCUT2D eigenvalue weighted by Gasteiger charge is -2.15. The summed E-state index contributed by atoms with van der Waals surface area (Å²) in [5.41, 5.74) is 2.91. The van der Waals surface area contributed by atoms with Crippen molar-refractivity contribution < 1.29 is 4.79 Å². The topological polar surface area (TPSA) is 65.8 Å². The van der Waals surface area contributed by atoms with Crippen molar-refractivity contribution in [1.29, 1.82) is 5.26 Å². The summed E-state index contributed by atoms with van der Waals surface area (Å²) in [7, 11) is 0. The van der Waals surface area contributed by atoms with Crippen LogP contribution in [0.15, 0.2) is 52.9 Å². The lowest BCUT2D eigenvalue weighted by molar-refractivity contribution is 0.102. The number of thioether (sulfide) groups is 1. The van der Waals surface area contributed by atoms with E-state index in [4.69, 9.17) is 0 Å². The van der Waals surface area contributed by atoms with Crippen LogP contribution in [-0.4, -0.2) is 16.6 Å². The van der Waals surface area contributed by atoms with Crippen molar-refractivity contribution in [2.45, 2.75) is 18.9 Å². The van der Waals surface area contributed by atoms with E-state index in [1.807, 2.05) is 61.7 Å². The minimum Gasteiger partial charge on any atom is -0.322 e. The zero-order chi connectivity index (χ0) is 18.5. The molecule has 1 N–H and O–H groups in total. The van der Waals surface area contributed by atoms with Crippen LogP contribution in [0.5, 0.6) is 0 Å². The van der Waals surface area contributed by atoms with Gasteiger partial charge in [-0.15, -0.1) is 23.1 Å². The highest BCUT2D eigenvalue weighted by Gasteiger charge is 2.24. The second-order valence-corrected chi connectivity index (χ2v) is 7.67. The number of amides is 1. The number of anilines is 1. The van der Waals surface area contributed by atoms with Crippen molar-refractivity contribution in [3.05, 3.63) is 64.7 Å². The van der Waals surface area contributed by atoms with Crippen LogP contribution in [0.4, 0.5) is 5.69 Å². The highest BCUT2D eigenvalue weighted by Crippen LogP contribution is 2.37. The molecule has 26 heavy (non-hydrogen) atoms. The van der Waals surface area contributed by atoms with Gasteiger partial charge in [0.15, 0.2) is 0 Å². The number of carbonyl (C=O) groups excluding carboxylic acids is 1. The van der Waals surface area contributed by atoms with E-state index in [2.05, 4.69) is 16.4 Å². The lowest BCUT2D eigenvalue weighted by atomic mass is 9.99. The molecular formula is C20H17N3OS2. The zero-order valence-electron chi connectivity index (χ0n) is 14.4. The first-order valence-electron chi connectivity index (χ1n) is 8.13. The first-order valence-corrected chi connectivity index (χ1v) is 10.00. The van der Waals surface area contributed by atoms with Gasteiger partial charge in [0.1, 0.15) is 11.1 Å². The van der Waals surface area contributed by atoms with Crippen LogP contribution < -0.4 is 5.32 Å². The molecule has 0 aliphatic carbocycles. The Hall–Kier alpha value is -2.62. The lowest BCUT2D eigenvalue weighted by Crippen LogP contribution is -2.17. The molecule has 3 rings (SSSR count). The Balaban J connectivity index is 2.18. The number of pyridine rings is 1. The molecule has 0 saturated carbocycles. The Labute approximate surface area is 160 Å². The van der Waals surface area contributed by atoms with Crippen LogP contribution >= 0.6 is 23.1 Å². The van der Waals surface area contributed by atoms with Gasteiger partial charge in [-0.3, -0.25) is 4.79 Å². The van der Waals surface area contributed by atoms with Gasteiger partial charge in [-0.1, -0.05) is 31.2 Å². The number of hydrogen-bond donors (Lipinski definition) is 1. The van der Waals surface area contributed by atoms with Gasteiger partial charge in [-0.2, -0.15) is 5.26 Å². The molecule has 0 atom stereocenters. The molecule has 0 spiro atoms. The van der Waals surface area contributed by atoms with Crippen molar-refractivity contribution in [3.8, 4) is 16.5 Å². The largest absolute Gasteiger partial charge is 0.322 e. The summed E-state index contributed by atoms with van der Waals surface area (Å²) in [6.45, 7) is 3.83. The molecular weight excluding hydrogens is 362 g/mol. The molecule has 0 radical (unpaired) electrons. The molecule has 3 aromatic rings. The summed E-state index contributed by atoms with van der Waals surface area (Å²) < 4.78 is 0. The predicted molar refractivity (Wildman–Crippen MR) is 108 cm³/mol. The van der Waals surface area contributed by atoms with Crippen molar-refractivity contribution in [2.75, 3.05) is 11.1 Å². The number of carbonyl (C=O) groups is 1. The van der Waals surface area contributed by atoms with Crippen LogP contribution in [0, 0.1) is 18.3 Å². The van der Waals surface area contributed by atoms with Crippen LogP contribution in [0.25, 0.3) is 10.4 Å². The fraction of sp³-hybridized carbons (Fsp3) is 0.150. The Morgan fingerprint density at radius 1 is 1.27 bits per heavy atom. The highest BCUT2D eigenvalue weighted by molar-refractivity contribution is 7.99. The summed E-state index contributed by atoms with van der Waals surface area (Å²) in [6.07, 6.45) is 0. The maximum Gasteiger partial charge on any atom is 0.258 e. The van der Waals surface area contributed by atoms with Crippen molar-refractivity contribution in [2.24, 2.45) is 0 Å². The number of para-hydroxylation sites is 1. The van der Waals surface area contributed by atoms with Gasteiger partial charge in [0.2, 0.25) is 0 Å². The summed E-state index contributed by atoms with van der Waals surface area (Å²) in [5, 5.41) is 15.3. The standard InChI is InChI=1S/C20H17N3OS2/c1-3-25-20-15(12-21)18(16-10-7-11-26-16)17(13(2)22-20)19(24)23-14-8-5-4-6-9-14/h4-11H,3H2,1-2H3,(H,23,24). The first-order chi connectivity index (χ1) is 12.7. The van der Waals surface area contributed by atoms with Gasteiger partial charge >= 0.3 is 0 Å². The molecule has 6 heteroatoms. The van der Waals surface area contributed by atoms with E-state index in [0.717, 1.165) is 10.6 Å². The Morgan fingerprint density at radius 2 is 2.04 bits per heavy atom. The maximum atomic E-state index is 13.0. The number of nitrogens with one attached hydrogen (secondary N) is 1. The third-order valence-corrected chi connectivity index (χ3v) is 5.51. The fourth-order valence-corrected chi connectivity index (χ4v) is 4.23. The van der Waals surface area contributed by atoms with Crippen LogP contribution in [0.1, 0.15) is 28.5 Å². The number of nitriles is 1. The summed E-state index contributed by atoms with van der Waals surface area (Å²) in [4.78, 5) is 18.5. The third kappa shape index (κ3) is 3.64. The molecule has 130 valence electrons. The zero-order valence-corrected chi connectivity index (χ0v) is 16.1. The number of aryl methyl sites for hydroxylation is 1. The van der Waals surface area contributed by atoms with Crippen molar-refractivity contribution in [3.63, 3.8) is 0 Å². The third-order valence-electron chi connectivity index (χ3n) is 3.76. The van der Waals surface area contributed by atoms with Gasteiger partial charge in [0, 0.05) is 16.1 Å². The van der Waals surface area contributed by atoms with Crippen LogP contribution in [-0.2, 0) is 0 Å². The molecule has 1 aromatic carbocycles. The molecule has 0 unspecified atom stereocenters. The molecule has 1 amide bonds. The van der Waals surface area contributed by atoms with Crippen LogP contribution in [0.2, 0.25) is 0 Å². The molecule has 0 aliphatic rings. The number of hydrogen-bond acceptors (Lipinski definition) is 5. The minimum absolute atomic E-state index is 0.255. The minimum atomic E-state index is -0.255. The molecule has 0 fully saturated rings. The van der Waals surface area contributed by atoms with E-state index < -0.39 is 0 Å². The molecule has 2 aromatic heterocycles. The normalized spacial score (nSPS) is 10.3. The van der Waals surface area contributed by atoms with Gasteiger partial charge < -0.3 is 5.32 Å². The monoisotopic (exact) mass is 379 g/mol. The van der Waals surface area contributed by atoms with Gasteiger partial charge in [0.05, 0.1) is 16.8 Å². The molecule has 4 nitrogen and oxygen atoms in total. The Kier molecular flexibility index (Phi) is 5.71. The van der Waals surface area contributed by atoms with Crippen molar-refractivity contribution in [1.82, 2.24) is 4.98 Å². The van der Waals surface area contributed by atoms with Crippen LogP contribution in [0.3, 0.4) is 0 Å². The number of thiophene rings is 1. The molecule has 0 saturated heterocycles. The number of rotatable bonds is 5. The summed E-state index contributed by atoms with van der Waals surface area (Å²) >= 11 is 3.03. The van der Waals surface area contributed by atoms with E-state index in [1.54, 1.807) is 0 Å². The smallest absolute Gasteiger partial charge is 0.258 e. The molecule has 0 aliphatic heterocycles. The van der Waals surface area contributed by atoms with E-state index in [9.17, 15) is 10.1 Å². The van der Waals surface area contributed by atoms with E-state index in [1.165, 1.54) is 23.1 Å². The fourth-order valence-electron chi connectivity index (χ4n) is 2.68. The Bertz CT molecular complexity index is 961. The first kappa shape index (κ1) is 18.2. The second kappa shape index (κ2) is 8.17. The second-order valence-electron chi connectivity index (χ2n) is 5.47. The summed E-state index contributed by atoms with van der Waals surface area (Å²) in [6, 6.07) is 15.4.